The number of nitrogens with one attached hydrogen (secondary N) is 1. The van der Waals surface area contributed by atoms with E-state index in [9.17, 15) is 9.59 Å². The van der Waals surface area contributed by atoms with Gasteiger partial charge in [-0.3, -0.25) is 18.7 Å². The first-order chi connectivity index (χ1) is 16.4. The van der Waals surface area contributed by atoms with Gasteiger partial charge in [0.25, 0.3) is 11.8 Å². The maximum atomic E-state index is 13.0. The Morgan fingerprint density at radius 3 is 2.76 bits per heavy atom. The summed E-state index contributed by atoms with van der Waals surface area (Å²) in [6.45, 7) is 0.773. The van der Waals surface area contributed by atoms with Crippen molar-refractivity contribution in [2.45, 2.75) is 0 Å². The Morgan fingerprint density at radius 2 is 2.00 bits per heavy atom. The first-order valence-corrected chi connectivity index (χ1v) is 10.5. The molecule has 0 saturated carbocycles. The number of methoxy groups -OCH3 is 2. The zero-order valence-electron chi connectivity index (χ0n) is 19.3. The Labute approximate surface area is 195 Å². The Balaban J connectivity index is 1.57. The van der Waals surface area contributed by atoms with E-state index in [2.05, 4.69) is 20.4 Å². The predicted molar refractivity (Wildman–Crippen MR) is 125 cm³/mol. The Morgan fingerprint density at radius 1 is 1.18 bits per heavy atom. The second kappa shape index (κ2) is 9.71. The molecule has 0 radical (unpaired) electrons. The Hall–Kier alpha value is -4.25. The van der Waals surface area contributed by atoms with E-state index in [1.807, 2.05) is 30.5 Å². The van der Waals surface area contributed by atoms with Crippen molar-refractivity contribution < 1.29 is 19.1 Å². The second-order valence-electron chi connectivity index (χ2n) is 7.58. The fourth-order valence-corrected chi connectivity index (χ4v) is 3.44. The van der Waals surface area contributed by atoms with Crippen molar-refractivity contribution in [3.05, 3.63) is 60.2 Å². The second-order valence-corrected chi connectivity index (χ2v) is 7.58. The number of anilines is 1. The molecule has 0 aliphatic carbocycles. The van der Waals surface area contributed by atoms with Crippen LogP contribution in [-0.4, -0.2) is 75.3 Å². The zero-order chi connectivity index (χ0) is 24.2. The summed E-state index contributed by atoms with van der Waals surface area (Å²) >= 11 is 0. The number of likely N-dealkylation sites (N-methyl/N-ethyl adjacent to an activating group) is 1. The fraction of sp³-hybridized carbons (Fsp3) is 0.261. The molecule has 11 nitrogen and oxygen atoms in total. The molecular weight excluding hydrogens is 438 g/mol. The number of aromatic nitrogens is 5. The quantitative estimate of drug-likeness (QED) is 0.425. The van der Waals surface area contributed by atoms with E-state index in [4.69, 9.17) is 9.47 Å². The van der Waals surface area contributed by atoms with Crippen LogP contribution in [0.25, 0.3) is 17.0 Å². The standard InChI is InChI=1S/C23H25N7O4/c1-28(10-11-33-3)22(32)17-13-24-29(2)20(17)21(31)26-19-8-9-30-14-18(25-23(30)27-19)15-6-5-7-16(12-15)34-4/h5-9,12-14H,10-11H2,1-4H3,(H,25,26,27,31). The lowest BCUT2D eigenvalue weighted by molar-refractivity contribution is 0.0740. The van der Waals surface area contributed by atoms with Crippen molar-refractivity contribution in [2.75, 3.05) is 39.7 Å². The van der Waals surface area contributed by atoms with Crippen molar-refractivity contribution in [1.29, 1.82) is 0 Å². The highest BCUT2D eigenvalue weighted by Gasteiger charge is 2.24. The number of nitrogens with zero attached hydrogens (tertiary/aromatic N) is 6. The summed E-state index contributed by atoms with van der Waals surface area (Å²) in [5.74, 6) is 0.614. The normalized spacial score (nSPS) is 10.9. The van der Waals surface area contributed by atoms with Crippen LogP contribution in [-0.2, 0) is 11.8 Å². The molecule has 0 atom stereocenters. The first kappa shape index (κ1) is 22.9. The molecule has 0 fully saturated rings. The highest BCUT2D eigenvalue weighted by atomic mass is 16.5. The minimum Gasteiger partial charge on any atom is -0.497 e. The van der Waals surface area contributed by atoms with Gasteiger partial charge in [-0.2, -0.15) is 10.1 Å². The van der Waals surface area contributed by atoms with Crippen LogP contribution in [0.4, 0.5) is 5.82 Å². The number of amides is 2. The van der Waals surface area contributed by atoms with Crippen LogP contribution in [0.5, 0.6) is 5.75 Å². The van der Waals surface area contributed by atoms with Crippen molar-refractivity contribution in [3.8, 4) is 17.0 Å². The number of hydrogen-bond acceptors (Lipinski definition) is 7. The molecule has 4 aromatic rings. The molecule has 2 amide bonds. The Bertz CT molecular complexity index is 1340. The molecule has 1 N–H and O–H groups in total. The lowest BCUT2D eigenvalue weighted by Gasteiger charge is -2.16. The smallest absolute Gasteiger partial charge is 0.275 e. The number of carbonyl (C=O) groups is 2. The van der Waals surface area contributed by atoms with Gasteiger partial charge in [0.1, 0.15) is 17.3 Å². The number of hydrogen-bond donors (Lipinski definition) is 1. The number of ether oxygens (including phenoxy) is 2. The van der Waals surface area contributed by atoms with Crippen molar-refractivity contribution in [2.24, 2.45) is 7.05 Å². The Kier molecular flexibility index (Phi) is 6.55. The molecule has 0 aliphatic rings. The molecule has 0 spiro atoms. The molecule has 34 heavy (non-hydrogen) atoms. The summed E-state index contributed by atoms with van der Waals surface area (Å²) in [5, 5.41) is 6.84. The van der Waals surface area contributed by atoms with Gasteiger partial charge in [0.2, 0.25) is 5.78 Å². The van der Waals surface area contributed by atoms with E-state index in [-0.39, 0.29) is 17.2 Å². The van der Waals surface area contributed by atoms with Gasteiger partial charge in [0.15, 0.2) is 0 Å². The van der Waals surface area contributed by atoms with Gasteiger partial charge in [-0.1, -0.05) is 12.1 Å². The number of rotatable bonds is 8. The number of carbonyl (C=O) groups excluding carboxylic acids is 2. The summed E-state index contributed by atoms with van der Waals surface area (Å²) in [6, 6.07) is 9.21. The van der Waals surface area contributed by atoms with E-state index in [0.29, 0.717) is 30.4 Å². The van der Waals surface area contributed by atoms with Crippen LogP contribution in [0, 0.1) is 0 Å². The number of imidazole rings is 1. The third kappa shape index (κ3) is 4.59. The van der Waals surface area contributed by atoms with Crippen LogP contribution >= 0.6 is 0 Å². The highest BCUT2D eigenvalue weighted by molar-refractivity contribution is 6.10. The van der Waals surface area contributed by atoms with Crippen molar-refractivity contribution in [1.82, 2.24) is 29.0 Å². The van der Waals surface area contributed by atoms with E-state index in [1.165, 1.54) is 15.8 Å². The predicted octanol–water partition coefficient (Wildman–Crippen LogP) is 2.11. The van der Waals surface area contributed by atoms with Crippen molar-refractivity contribution in [3.63, 3.8) is 0 Å². The van der Waals surface area contributed by atoms with Gasteiger partial charge in [0.05, 0.1) is 31.2 Å². The lowest BCUT2D eigenvalue weighted by Crippen LogP contribution is -2.31. The molecule has 3 heterocycles. The largest absolute Gasteiger partial charge is 0.497 e. The third-order valence-electron chi connectivity index (χ3n) is 5.30. The van der Waals surface area contributed by atoms with Gasteiger partial charge < -0.3 is 19.7 Å². The number of fused-ring (bicyclic) bond motifs is 1. The lowest BCUT2D eigenvalue weighted by atomic mass is 10.1. The van der Waals surface area contributed by atoms with E-state index < -0.39 is 5.91 Å². The molecule has 1 aromatic carbocycles. The minimum atomic E-state index is -0.500. The molecule has 4 rings (SSSR count). The first-order valence-electron chi connectivity index (χ1n) is 10.5. The molecule has 0 bridgehead atoms. The number of aryl methyl sites for hydroxylation is 1. The van der Waals surface area contributed by atoms with Crippen LogP contribution in [0.1, 0.15) is 20.8 Å². The topological polar surface area (TPSA) is 116 Å². The minimum absolute atomic E-state index is 0.136. The van der Waals surface area contributed by atoms with Crippen LogP contribution < -0.4 is 10.1 Å². The summed E-state index contributed by atoms with van der Waals surface area (Å²) in [4.78, 5) is 36.3. The number of benzene rings is 1. The third-order valence-corrected chi connectivity index (χ3v) is 5.30. The maximum absolute atomic E-state index is 13.0. The van der Waals surface area contributed by atoms with E-state index in [1.54, 1.807) is 45.0 Å². The summed E-state index contributed by atoms with van der Waals surface area (Å²) in [6.07, 6.45) is 4.98. The summed E-state index contributed by atoms with van der Waals surface area (Å²) in [5.41, 5.74) is 1.93. The highest BCUT2D eigenvalue weighted by Crippen LogP contribution is 2.23. The zero-order valence-corrected chi connectivity index (χ0v) is 19.3. The van der Waals surface area contributed by atoms with E-state index in [0.717, 1.165) is 11.3 Å². The van der Waals surface area contributed by atoms with Gasteiger partial charge in [0, 0.05) is 45.7 Å². The van der Waals surface area contributed by atoms with Crippen molar-refractivity contribution >= 4 is 23.4 Å². The average Bonchev–Trinajstić information content (AvgIpc) is 3.45. The summed E-state index contributed by atoms with van der Waals surface area (Å²) in [7, 11) is 6.42. The monoisotopic (exact) mass is 463 g/mol. The maximum Gasteiger partial charge on any atom is 0.275 e. The van der Waals surface area contributed by atoms with Crippen LogP contribution in [0.3, 0.4) is 0 Å². The molecule has 0 saturated heterocycles. The molecule has 176 valence electrons. The SMILES string of the molecule is COCCN(C)C(=O)c1cnn(C)c1C(=O)Nc1ccn2cc(-c3cccc(OC)c3)nc2n1. The molecule has 0 aliphatic heterocycles. The molecule has 3 aromatic heterocycles. The fourth-order valence-electron chi connectivity index (χ4n) is 3.44. The van der Waals surface area contributed by atoms with Gasteiger partial charge in [-0.25, -0.2) is 4.98 Å². The average molecular weight is 463 g/mol. The molecule has 11 heteroatoms. The van der Waals surface area contributed by atoms with E-state index >= 15 is 0 Å². The van der Waals surface area contributed by atoms with Crippen LogP contribution in [0.15, 0.2) is 48.9 Å². The molecular formula is C23H25N7O4. The van der Waals surface area contributed by atoms with Gasteiger partial charge in [-0.15, -0.1) is 0 Å². The van der Waals surface area contributed by atoms with Gasteiger partial charge >= 0.3 is 0 Å². The summed E-state index contributed by atoms with van der Waals surface area (Å²) < 4.78 is 13.4. The molecule has 0 unspecified atom stereocenters. The van der Waals surface area contributed by atoms with Gasteiger partial charge in [-0.05, 0) is 18.2 Å². The van der Waals surface area contributed by atoms with Crippen LogP contribution in [0.2, 0.25) is 0 Å².